The van der Waals surface area contributed by atoms with Crippen molar-refractivity contribution >= 4 is 5.84 Å². The second-order valence-corrected chi connectivity index (χ2v) is 4.44. The van der Waals surface area contributed by atoms with Crippen LogP contribution in [0, 0.1) is 5.92 Å². The van der Waals surface area contributed by atoms with E-state index in [0.717, 1.165) is 0 Å². The summed E-state index contributed by atoms with van der Waals surface area (Å²) in [6.07, 6.45) is -4.97. The lowest BCUT2D eigenvalue weighted by atomic mass is 10.0. The van der Waals surface area contributed by atoms with Gasteiger partial charge in [-0.25, -0.2) is 0 Å². The van der Waals surface area contributed by atoms with E-state index < -0.39 is 18.3 Å². The van der Waals surface area contributed by atoms with Crippen LogP contribution in [0.4, 0.5) is 13.2 Å². The van der Waals surface area contributed by atoms with Crippen LogP contribution in [0.15, 0.2) is 5.16 Å². The quantitative estimate of drug-likeness (QED) is 0.294. The highest BCUT2D eigenvalue weighted by Crippen LogP contribution is 2.37. The molecule has 2 atom stereocenters. The standard InChI is InChI=1S/C9H16F3N3O2/c1-6(7(13)14-17)4-15-3-2-8(16,5-15)9(10,11)12/h6,16-17H,2-5H2,1H3,(H2,13,14). The van der Waals surface area contributed by atoms with E-state index in [-0.39, 0.29) is 31.3 Å². The van der Waals surface area contributed by atoms with Gasteiger partial charge < -0.3 is 16.0 Å². The number of hydrogen-bond acceptors (Lipinski definition) is 4. The van der Waals surface area contributed by atoms with Crippen molar-refractivity contribution in [3.63, 3.8) is 0 Å². The average molecular weight is 255 g/mol. The Bertz CT molecular complexity index is 308. The highest BCUT2D eigenvalue weighted by Gasteiger charge is 2.56. The number of nitrogens with two attached hydrogens (primary N) is 1. The minimum Gasteiger partial charge on any atom is -0.409 e. The predicted molar refractivity (Wildman–Crippen MR) is 54.6 cm³/mol. The monoisotopic (exact) mass is 255 g/mol. The summed E-state index contributed by atoms with van der Waals surface area (Å²) in [5.41, 5.74) is 2.70. The second-order valence-electron chi connectivity index (χ2n) is 4.44. The van der Waals surface area contributed by atoms with Crippen LogP contribution in [0.25, 0.3) is 0 Å². The summed E-state index contributed by atoms with van der Waals surface area (Å²) in [4.78, 5) is 1.45. The van der Waals surface area contributed by atoms with Gasteiger partial charge in [0.1, 0.15) is 5.84 Å². The van der Waals surface area contributed by atoms with Crippen molar-refractivity contribution in [3.8, 4) is 0 Å². The van der Waals surface area contributed by atoms with Crippen LogP contribution >= 0.6 is 0 Å². The molecule has 0 aromatic heterocycles. The Morgan fingerprint density at radius 3 is 2.59 bits per heavy atom. The Kier molecular flexibility index (Phi) is 3.88. The fraction of sp³-hybridized carbons (Fsp3) is 0.889. The molecule has 1 heterocycles. The molecule has 0 aliphatic carbocycles. The first kappa shape index (κ1) is 14.0. The van der Waals surface area contributed by atoms with Gasteiger partial charge in [0.05, 0.1) is 0 Å². The molecule has 0 radical (unpaired) electrons. The first-order chi connectivity index (χ1) is 7.69. The molecule has 0 bridgehead atoms. The van der Waals surface area contributed by atoms with Crippen LogP contribution in [0.3, 0.4) is 0 Å². The van der Waals surface area contributed by atoms with Crippen LogP contribution in [0.1, 0.15) is 13.3 Å². The number of likely N-dealkylation sites (tertiary alicyclic amines) is 1. The number of hydrogen-bond donors (Lipinski definition) is 3. The maximum absolute atomic E-state index is 12.5. The number of nitrogens with zero attached hydrogens (tertiary/aromatic N) is 2. The zero-order valence-electron chi connectivity index (χ0n) is 9.41. The summed E-state index contributed by atoms with van der Waals surface area (Å²) < 4.78 is 37.5. The van der Waals surface area contributed by atoms with Gasteiger partial charge in [0, 0.05) is 25.6 Å². The number of aliphatic hydroxyl groups is 1. The molecular formula is C9H16F3N3O2. The molecule has 17 heavy (non-hydrogen) atoms. The maximum atomic E-state index is 12.5. The van der Waals surface area contributed by atoms with E-state index in [9.17, 15) is 18.3 Å². The Morgan fingerprint density at radius 2 is 2.18 bits per heavy atom. The van der Waals surface area contributed by atoms with Crippen molar-refractivity contribution in [3.05, 3.63) is 0 Å². The Morgan fingerprint density at radius 1 is 1.59 bits per heavy atom. The van der Waals surface area contributed by atoms with Gasteiger partial charge in [0.15, 0.2) is 5.60 Å². The topological polar surface area (TPSA) is 82.1 Å². The van der Waals surface area contributed by atoms with Gasteiger partial charge in [0.25, 0.3) is 0 Å². The zero-order chi connectivity index (χ0) is 13.3. The Labute approximate surface area is 96.7 Å². The van der Waals surface area contributed by atoms with Gasteiger partial charge in [-0.05, 0) is 6.42 Å². The first-order valence-corrected chi connectivity index (χ1v) is 5.18. The lowest BCUT2D eigenvalue weighted by Gasteiger charge is -2.26. The number of β-amino-alcohol motifs (C(OH)–C–C–N with tert-alkyl or cyclic N) is 1. The lowest BCUT2D eigenvalue weighted by molar-refractivity contribution is -0.254. The van der Waals surface area contributed by atoms with Crippen molar-refractivity contribution in [1.29, 1.82) is 0 Å². The lowest BCUT2D eigenvalue weighted by Crippen LogP contribution is -2.48. The molecular weight excluding hydrogens is 239 g/mol. The van der Waals surface area contributed by atoms with E-state index in [4.69, 9.17) is 10.9 Å². The smallest absolute Gasteiger partial charge is 0.409 e. The fourth-order valence-electron chi connectivity index (χ4n) is 1.84. The van der Waals surface area contributed by atoms with Gasteiger partial charge in [-0.3, -0.25) is 4.90 Å². The Balaban J connectivity index is 2.57. The molecule has 2 unspecified atom stereocenters. The number of rotatable bonds is 3. The fourth-order valence-corrected chi connectivity index (χ4v) is 1.84. The molecule has 4 N–H and O–H groups in total. The number of oxime groups is 1. The molecule has 1 saturated heterocycles. The summed E-state index contributed by atoms with van der Waals surface area (Å²) in [5.74, 6) is -0.400. The third-order valence-corrected chi connectivity index (χ3v) is 3.01. The molecule has 0 amide bonds. The molecule has 0 aromatic rings. The van der Waals surface area contributed by atoms with Gasteiger partial charge in [-0.1, -0.05) is 12.1 Å². The van der Waals surface area contributed by atoms with Crippen molar-refractivity contribution in [1.82, 2.24) is 4.90 Å². The van der Waals surface area contributed by atoms with E-state index in [0.29, 0.717) is 0 Å². The van der Waals surface area contributed by atoms with Gasteiger partial charge >= 0.3 is 6.18 Å². The predicted octanol–water partition coefficient (Wildman–Crippen LogP) is 0.368. The third-order valence-electron chi connectivity index (χ3n) is 3.01. The molecule has 1 rings (SSSR count). The SMILES string of the molecule is CC(CN1CCC(O)(C(F)(F)F)C1)C(N)=NO. The summed E-state index contributed by atoms with van der Waals surface area (Å²) in [5, 5.41) is 20.7. The molecule has 0 aromatic carbocycles. The minimum absolute atomic E-state index is 0.0348. The molecule has 8 heteroatoms. The maximum Gasteiger partial charge on any atom is 0.418 e. The number of amidine groups is 1. The third kappa shape index (κ3) is 3.01. The summed E-state index contributed by atoms with van der Waals surface area (Å²) >= 11 is 0. The van der Waals surface area contributed by atoms with Gasteiger partial charge in [0.2, 0.25) is 0 Å². The van der Waals surface area contributed by atoms with Crippen LogP contribution in [-0.4, -0.2) is 52.5 Å². The van der Waals surface area contributed by atoms with Gasteiger partial charge in [-0.2, -0.15) is 13.2 Å². The van der Waals surface area contributed by atoms with Crippen molar-refractivity contribution < 1.29 is 23.5 Å². The van der Waals surface area contributed by atoms with Crippen LogP contribution in [0.2, 0.25) is 0 Å². The highest BCUT2D eigenvalue weighted by atomic mass is 19.4. The van der Waals surface area contributed by atoms with Crippen molar-refractivity contribution in [2.45, 2.75) is 25.1 Å². The van der Waals surface area contributed by atoms with Crippen LogP contribution in [0.5, 0.6) is 0 Å². The van der Waals surface area contributed by atoms with Crippen molar-refractivity contribution in [2.75, 3.05) is 19.6 Å². The zero-order valence-corrected chi connectivity index (χ0v) is 9.41. The van der Waals surface area contributed by atoms with E-state index in [1.165, 1.54) is 4.90 Å². The molecule has 1 fully saturated rings. The number of halogens is 3. The molecule has 1 aliphatic rings. The average Bonchev–Trinajstić information content (AvgIpc) is 2.59. The first-order valence-electron chi connectivity index (χ1n) is 5.18. The van der Waals surface area contributed by atoms with Crippen LogP contribution in [-0.2, 0) is 0 Å². The van der Waals surface area contributed by atoms with Crippen molar-refractivity contribution in [2.24, 2.45) is 16.8 Å². The molecule has 0 saturated carbocycles. The summed E-state index contributed by atoms with van der Waals surface area (Å²) in [7, 11) is 0. The summed E-state index contributed by atoms with van der Waals surface area (Å²) in [6.45, 7) is 1.52. The van der Waals surface area contributed by atoms with E-state index in [2.05, 4.69) is 5.16 Å². The normalized spacial score (nSPS) is 29.6. The second kappa shape index (κ2) is 4.69. The van der Waals surface area contributed by atoms with Gasteiger partial charge in [-0.15, -0.1) is 0 Å². The van der Waals surface area contributed by atoms with E-state index in [1.807, 2.05) is 0 Å². The number of alkyl halides is 3. The largest absolute Gasteiger partial charge is 0.418 e. The molecule has 5 nitrogen and oxygen atoms in total. The minimum atomic E-state index is -4.62. The van der Waals surface area contributed by atoms with Crippen LogP contribution < -0.4 is 5.73 Å². The Hall–Kier alpha value is -1.02. The summed E-state index contributed by atoms with van der Waals surface area (Å²) in [6, 6.07) is 0. The van der Waals surface area contributed by atoms with E-state index in [1.54, 1.807) is 6.92 Å². The molecule has 0 spiro atoms. The molecule has 1 aliphatic heterocycles. The van der Waals surface area contributed by atoms with E-state index >= 15 is 0 Å². The molecule has 100 valence electrons. The highest BCUT2D eigenvalue weighted by molar-refractivity contribution is 5.82.